The molecule has 0 saturated carbocycles. The number of hydrogen-bond acceptors (Lipinski definition) is 4. The Labute approximate surface area is 154 Å². The minimum Gasteiger partial charge on any atom is -0.338 e. The number of likely N-dealkylation sites (tertiary alicyclic amines) is 1. The summed E-state index contributed by atoms with van der Waals surface area (Å²) in [5.41, 5.74) is 0.487. The number of halogens is 2. The summed E-state index contributed by atoms with van der Waals surface area (Å²) >= 11 is 13.4. The van der Waals surface area contributed by atoms with Gasteiger partial charge in [-0.3, -0.25) is 14.6 Å². The van der Waals surface area contributed by atoms with E-state index >= 15 is 0 Å². The first-order valence-electron chi connectivity index (χ1n) is 7.77. The summed E-state index contributed by atoms with van der Waals surface area (Å²) in [5.74, 6) is 0.505. The predicted molar refractivity (Wildman–Crippen MR) is 98.0 cm³/mol. The van der Waals surface area contributed by atoms with Gasteiger partial charge in [-0.2, -0.15) is 0 Å². The highest BCUT2D eigenvalue weighted by Gasteiger charge is 2.30. The van der Waals surface area contributed by atoms with E-state index in [1.54, 1.807) is 34.9 Å². The van der Waals surface area contributed by atoms with E-state index < -0.39 is 0 Å². The van der Waals surface area contributed by atoms with Gasteiger partial charge in [-0.15, -0.1) is 0 Å². The van der Waals surface area contributed by atoms with Gasteiger partial charge in [0.1, 0.15) is 0 Å². The molecule has 1 atom stereocenters. The molecule has 128 valence electrons. The van der Waals surface area contributed by atoms with Crippen LogP contribution >= 0.6 is 35.0 Å². The third kappa shape index (κ3) is 4.05. The van der Waals surface area contributed by atoms with E-state index in [-0.39, 0.29) is 17.7 Å². The third-order valence-electron chi connectivity index (χ3n) is 4.06. The van der Waals surface area contributed by atoms with Gasteiger partial charge in [0.15, 0.2) is 5.17 Å². The summed E-state index contributed by atoms with van der Waals surface area (Å²) in [7, 11) is 0. The molecular weight excluding hydrogens is 369 g/mol. The molecule has 2 aliphatic heterocycles. The number of nitrogens with one attached hydrogen (secondary N) is 1. The van der Waals surface area contributed by atoms with Crippen molar-refractivity contribution in [3.05, 3.63) is 33.8 Å². The second kappa shape index (κ2) is 7.76. The minimum atomic E-state index is -0.214. The lowest BCUT2D eigenvalue weighted by Gasteiger charge is -2.32. The van der Waals surface area contributed by atoms with Crippen molar-refractivity contribution in [2.75, 3.05) is 25.4 Å². The van der Waals surface area contributed by atoms with Crippen LogP contribution in [0, 0.1) is 5.92 Å². The number of aliphatic imine (C=N–C) groups is 1. The van der Waals surface area contributed by atoms with Gasteiger partial charge in [0.25, 0.3) is 5.91 Å². The van der Waals surface area contributed by atoms with Gasteiger partial charge in [0.2, 0.25) is 5.91 Å². The monoisotopic (exact) mass is 385 g/mol. The molecule has 0 unspecified atom stereocenters. The van der Waals surface area contributed by atoms with E-state index in [0.29, 0.717) is 33.9 Å². The first-order valence-corrected chi connectivity index (χ1v) is 9.51. The van der Waals surface area contributed by atoms with Crippen LogP contribution < -0.4 is 5.32 Å². The molecule has 1 aromatic carbocycles. The van der Waals surface area contributed by atoms with Gasteiger partial charge >= 0.3 is 0 Å². The van der Waals surface area contributed by atoms with E-state index in [2.05, 4.69) is 10.3 Å². The molecule has 0 aliphatic carbocycles. The molecule has 0 spiro atoms. The largest absolute Gasteiger partial charge is 0.338 e. The molecule has 3 rings (SSSR count). The van der Waals surface area contributed by atoms with Crippen molar-refractivity contribution in [3.63, 3.8) is 0 Å². The summed E-state index contributed by atoms with van der Waals surface area (Å²) in [6.07, 6.45) is 1.57. The molecule has 2 amide bonds. The van der Waals surface area contributed by atoms with Crippen molar-refractivity contribution in [1.82, 2.24) is 10.2 Å². The maximum atomic E-state index is 12.6. The number of rotatable bonds is 2. The number of amidine groups is 1. The average molecular weight is 386 g/mol. The smallest absolute Gasteiger partial charge is 0.253 e. The number of nitrogens with zero attached hydrogens (tertiary/aromatic N) is 2. The zero-order valence-corrected chi connectivity index (χ0v) is 15.3. The average Bonchev–Trinajstić information content (AvgIpc) is 3.10. The predicted octanol–water partition coefficient (Wildman–Crippen LogP) is 3.06. The van der Waals surface area contributed by atoms with Crippen LogP contribution in [0.3, 0.4) is 0 Å². The fourth-order valence-corrected chi connectivity index (χ4v) is 3.83. The Morgan fingerprint density at radius 3 is 2.83 bits per heavy atom. The molecule has 2 heterocycles. The van der Waals surface area contributed by atoms with E-state index in [0.717, 1.165) is 25.1 Å². The van der Waals surface area contributed by atoms with Crippen LogP contribution in [0.15, 0.2) is 23.2 Å². The van der Waals surface area contributed by atoms with E-state index in [1.165, 1.54) is 0 Å². The quantitative estimate of drug-likeness (QED) is 0.850. The van der Waals surface area contributed by atoms with Crippen LogP contribution in [-0.2, 0) is 4.79 Å². The Bertz CT molecular complexity index is 696. The van der Waals surface area contributed by atoms with E-state index in [9.17, 15) is 9.59 Å². The summed E-state index contributed by atoms with van der Waals surface area (Å²) in [6.45, 7) is 1.79. The molecule has 5 nitrogen and oxygen atoms in total. The Morgan fingerprint density at radius 2 is 2.12 bits per heavy atom. The topological polar surface area (TPSA) is 61.8 Å². The molecular formula is C16H17Cl2N3O2S. The molecule has 0 aromatic heterocycles. The van der Waals surface area contributed by atoms with Gasteiger partial charge in [0, 0.05) is 24.4 Å². The summed E-state index contributed by atoms with van der Waals surface area (Å²) < 4.78 is 0. The van der Waals surface area contributed by atoms with Crippen LogP contribution in [0.5, 0.6) is 0 Å². The fraction of sp³-hybridized carbons (Fsp3) is 0.438. The summed E-state index contributed by atoms with van der Waals surface area (Å²) in [6, 6.07) is 4.84. The Balaban J connectivity index is 1.64. The lowest BCUT2D eigenvalue weighted by molar-refractivity contribution is -0.124. The first-order chi connectivity index (χ1) is 11.5. The molecule has 1 N–H and O–H groups in total. The number of carbonyl (C=O) groups is 2. The van der Waals surface area contributed by atoms with E-state index in [1.807, 2.05) is 0 Å². The minimum absolute atomic E-state index is 0.0604. The van der Waals surface area contributed by atoms with Crippen LogP contribution in [-0.4, -0.2) is 47.3 Å². The standard InChI is InChI=1S/C16H17Cl2N3O2S/c17-12-4-3-10(8-13(12)18)15(23)21-6-1-2-11(9-21)14(22)20-16-19-5-7-24-16/h3-4,8,11H,1-2,5-7,9H2,(H,19,20,22)/t11-/m0/s1. The van der Waals surface area contributed by atoms with Gasteiger partial charge < -0.3 is 10.2 Å². The molecule has 24 heavy (non-hydrogen) atoms. The lowest BCUT2D eigenvalue weighted by Crippen LogP contribution is -2.46. The number of hydrogen-bond donors (Lipinski definition) is 1. The number of carbonyl (C=O) groups excluding carboxylic acids is 2. The zero-order chi connectivity index (χ0) is 17.1. The first kappa shape index (κ1) is 17.6. The molecule has 8 heteroatoms. The van der Waals surface area contributed by atoms with Crippen molar-refractivity contribution in [2.45, 2.75) is 12.8 Å². The number of benzene rings is 1. The third-order valence-corrected chi connectivity index (χ3v) is 5.69. The van der Waals surface area contributed by atoms with Crippen LogP contribution in [0.4, 0.5) is 0 Å². The number of thioether (sulfide) groups is 1. The summed E-state index contributed by atoms with van der Waals surface area (Å²) in [5, 5.41) is 4.32. The molecule has 0 bridgehead atoms. The van der Waals surface area contributed by atoms with Crippen molar-refractivity contribution in [3.8, 4) is 0 Å². The normalized spacial score (nSPS) is 20.7. The number of amides is 2. The highest BCUT2D eigenvalue weighted by Crippen LogP contribution is 2.25. The Hall–Kier alpha value is -1.24. The number of piperidine rings is 1. The van der Waals surface area contributed by atoms with Gasteiger partial charge in [-0.05, 0) is 31.0 Å². The van der Waals surface area contributed by atoms with Crippen molar-refractivity contribution in [2.24, 2.45) is 10.9 Å². The van der Waals surface area contributed by atoms with Gasteiger partial charge in [-0.1, -0.05) is 35.0 Å². The van der Waals surface area contributed by atoms with Crippen molar-refractivity contribution >= 4 is 51.9 Å². The molecule has 1 fully saturated rings. The highest BCUT2D eigenvalue weighted by atomic mass is 35.5. The van der Waals surface area contributed by atoms with Crippen molar-refractivity contribution in [1.29, 1.82) is 0 Å². The highest BCUT2D eigenvalue weighted by molar-refractivity contribution is 8.14. The van der Waals surface area contributed by atoms with Crippen LogP contribution in [0.2, 0.25) is 10.0 Å². The molecule has 2 aliphatic rings. The Morgan fingerprint density at radius 1 is 1.29 bits per heavy atom. The maximum Gasteiger partial charge on any atom is 0.253 e. The fourth-order valence-electron chi connectivity index (χ4n) is 2.81. The van der Waals surface area contributed by atoms with E-state index in [4.69, 9.17) is 23.2 Å². The summed E-state index contributed by atoms with van der Waals surface area (Å²) in [4.78, 5) is 31.0. The lowest BCUT2D eigenvalue weighted by atomic mass is 9.96. The SMILES string of the molecule is O=C(NC1=NCCS1)[C@H]1CCCN(C(=O)c2ccc(Cl)c(Cl)c2)C1. The Kier molecular flexibility index (Phi) is 5.69. The second-order valence-corrected chi connectivity index (χ2v) is 7.64. The zero-order valence-electron chi connectivity index (χ0n) is 12.9. The van der Waals surface area contributed by atoms with Gasteiger partial charge in [-0.25, -0.2) is 0 Å². The molecule has 1 saturated heterocycles. The van der Waals surface area contributed by atoms with Crippen LogP contribution in [0.1, 0.15) is 23.2 Å². The second-order valence-electron chi connectivity index (χ2n) is 5.74. The van der Waals surface area contributed by atoms with Crippen LogP contribution in [0.25, 0.3) is 0 Å². The van der Waals surface area contributed by atoms with Gasteiger partial charge in [0.05, 0.1) is 22.5 Å². The molecule has 0 radical (unpaired) electrons. The van der Waals surface area contributed by atoms with Crippen molar-refractivity contribution < 1.29 is 9.59 Å². The maximum absolute atomic E-state index is 12.6. The molecule has 1 aromatic rings.